The second-order valence-electron chi connectivity index (χ2n) is 16.9. The first-order chi connectivity index (χ1) is 28.0. The highest BCUT2D eigenvalue weighted by Gasteiger charge is 2.39. The van der Waals surface area contributed by atoms with Crippen LogP contribution in [0.1, 0.15) is 259 Å². The molecule has 0 radical (unpaired) electrons. The Morgan fingerprint density at radius 2 is 0.702 bits per heavy atom. The molecule has 0 unspecified atom stereocenters. The van der Waals surface area contributed by atoms with Gasteiger partial charge in [-0.1, -0.05) is 206 Å². The van der Waals surface area contributed by atoms with Gasteiger partial charge in [-0.15, -0.1) is 0 Å². The molecule has 0 aromatic rings. The highest BCUT2D eigenvalue weighted by molar-refractivity contribution is 6.60. The van der Waals surface area contributed by atoms with E-state index in [0.717, 1.165) is 32.4 Å². The predicted molar refractivity (Wildman–Crippen MR) is 248 cm³/mol. The van der Waals surface area contributed by atoms with Gasteiger partial charge in [0, 0.05) is 58.3 Å². The summed E-state index contributed by atoms with van der Waals surface area (Å²) in [5, 5.41) is 3.03. The molecule has 7 nitrogen and oxygen atoms in total. The number of hydrogen-bond donors (Lipinski definition) is 1. The van der Waals surface area contributed by atoms with E-state index >= 15 is 0 Å². The van der Waals surface area contributed by atoms with Gasteiger partial charge in [-0.05, 0) is 40.0 Å². The van der Waals surface area contributed by atoms with Crippen molar-refractivity contribution in [2.45, 2.75) is 265 Å². The molecular weight excluding hydrogens is 725 g/mol. The summed E-state index contributed by atoms with van der Waals surface area (Å²) in [4.78, 5) is 28.2. The van der Waals surface area contributed by atoms with E-state index in [9.17, 15) is 9.59 Å². The monoisotopic (exact) mass is 825 g/mol. The number of hydrogen-bond acceptors (Lipinski definition) is 5. The van der Waals surface area contributed by atoms with E-state index in [2.05, 4.69) is 24.1 Å². The molecule has 0 fully saturated rings. The summed E-state index contributed by atoms with van der Waals surface area (Å²) in [6.45, 7) is 14.3. The van der Waals surface area contributed by atoms with Crippen molar-refractivity contribution in [2.75, 3.05) is 39.5 Å². The summed E-state index contributed by atoms with van der Waals surface area (Å²) >= 11 is 0. The highest BCUT2D eigenvalue weighted by Crippen LogP contribution is 2.19. The molecule has 0 bridgehead atoms. The van der Waals surface area contributed by atoms with Gasteiger partial charge in [0.25, 0.3) is 0 Å². The van der Waals surface area contributed by atoms with Gasteiger partial charge in [0.1, 0.15) is 0 Å². The lowest BCUT2D eigenvalue weighted by atomic mass is 10.0. The van der Waals surface area contributed by atoms with Gasteiger partial charge in [-0.3, -0.25) is 9.59 Å². The third-order valence-electron chi connectivity index (χ3n) is 11.6. The molecule has 0 aromatic heterocycles. The maximum absolute atomic E-state index is 13.4. The average molecular weight is 825 g/mol. The third-order valence-corrected chi connectivity index (χ3v) is 14.7. The van der Waals surface area contributed by atoms with Crippen molar-refractivity contribution in [1.82, 2.24) is 10.2 Å². The van der Waals surface area contributed by atoms with Crippen LogP contribution in [0, 0.1) is 0 Å². The van der Waals surface area contributed by atoms with Gasteiger partial charge < -0.3 is 23.5 Å². The minimum Gasteiger partial charge on any atom is -0.374 e. The van der Waals surface area contributed by atoms with Gasteiger partial charge in [-0.25, -0.2) is 0 Å². The topological polar surface area (TPSA) is 77.1 Å². The van der Waals surface area contributed by atoms with Crippen molar-refractivity contribution in [3.05, 3.63) is 0 Å². The van der Waals surface area contributed by atoms with Crippen LogP contribution in [0.4, 0.5) is 0 Å². The zero-order chi connectivity index (χ0) is 41.8. The van der Waals surface area contributed by atoms with Gasteiger partial charge in [0.2, 0.25) is 11.8 Å². The lowest BCUT2D eigenvalue weighted by molar-refractivity contribution is -0.133. The molecular formula is C49H100N2O5Si. The zero-order valence-corrected chi connectivity index (χ0v) is 40.2. The van der Waals surface area contributed by atoms with Gasteiger partial charge >= 0.3 is 8.80 Å². The SMILES string of the molecule is CCCCCCCCCCCCCCCCCCN(CCCCCCCCCCCCCCCCCC)C(=O)CCC(=O)NCCC[Si](OCC)(OCC)OCC. The smallest absolute Gasteiger partial charge is 0.374 e. The molecule has 57 heavy (non-hydrogen) atoms. The van der Waals surface area contributed by atoms with Gasteiger partial charge in [0.05, 0.1) is 0 Å². The number of nitrogens with one attached hydrogen (secondary N) is 1. The fourth-order valence-corrected chi connectivity index (χ4v) is 10.7. The fraction of sp³-hybridized carbons (Fsp3) is 0.959. The summed E-state index contributed by atoms with van der Waals surface area (Å²) in [7, 11) is -2.71. The minimum atomic E-state index is -2.71. The average Bonchev–Trinajstić information content (AvgIpc) is 3.20. The van der Waals surface area contributed by atoms with E-state index in [1.165, 1.54) is 193 Å². The van der Waals surface area contributed by atoms with E-state index < -0.39 is 8.80 Å². The Bertz CT molecular complexity index is 794. The number of carbonyl (C=O) groups excluding carboxylic acids is 2. The van der Waals surface area contributed by atoms with Crippen LogP contribution in [-0.4, -0.2) is 65.0 Å². The zero-order valence-electron chi connectivity index (χ0n) is 39.2. The summed E-state index contributed by atoms with van der Waals surface area (Å²) in [5.74, 6) is 0.0899. The van der Waals surface area contributed by atoms with Crippen LogP contribution in [0.15, 0.2) is 0 Å². The van der Waals surface area contributed by atoms with Gasteiger partial charge in [-0.2, -0.15) is 0 Å². The van der Waals surface area contributed by atoms with Crippen molar-refractivity contribution in [1.29, 1.82) is 0 Å². The summed E-state index contributed by atoms with van der Waals surface area (Å²) < 4.78 is 17.8. The molecule has 0 saturated heterocycles. The highest BCUT2D eigenvalue weighted by atomic mass is 28.4. The second-order valence-corrected chi connectivity index (χ2v) is 19.7. The van der Waals surface area contributed by atoms with Crippen LogP contribution < -0.4 is 5.32 Å². The molecule has 0 aliphatic rings. The van der Waals surface area contributed by atoms with Gasteiger partial charge in [0.15, 0.2) is 0 Å². The van der Waals surface area contributed by atoms with E-state index in [1.807, 2.05) is 20.8 Å². The summed E-state index contributed by atoms with van der Waals surface area (Å²) in [6.07, 6.45) is 44.6. The van der Waals surface area contributed by atoms with Crippen molar-refractivity contribution >= 4 is 20.6 Å². The normalized spacial score (nSPS) is 11.7. The van der Waals surface area contributed by atoms with Crippen molar-refractivity contribution in [3.8, 4) is 0 Å². The van der Waals surface area contributed by atoms with E-state index in [0.29, 0.717) is 38.8 Å². The Hall–Kier alpha value is -0.963. The number of amides is 2. The van der Waals surface area contributed by atoms with Crippen LogP contribution in [-0.2, 0) is 22.9 Å². The van der Waals surface area contributed by atoms with Crippen LogP contribution >= 0.6 is 0 Å². The molecule has 0 heterocycles. The molecule has 8 heteroatoms. The number of unbranched alkanes of at least 4 members (excludes halogenated alkanes) is 30. The Kier molecular flexibility index (Phi) is 43.8. The number of carbonyl (C=O) groups is 2. The standard InChI is InChI=1S/C49H100N2O5Si/c1-6-11-13-15-17-19-21-23-25-27-29-31-33-35-37-39-45-51(46-40-38-36-34-32-30-28-26-24-22-20-18-16-14-12-7-2)49(53)43-42-48(52)50-44-41-47-57(54-8-3,55-9-4)56-10-5/h6-47H2,1-5H3,(H,50,52). The molecule has 340 valence electrons. The fourth-order valence-electron chi connectivity index (χ4n) is 8.06. The molecule has 0 aliphatic heterocycles. The molecule has 2 amide bonds. The van der Waals surface area contributed by atoms with Crippen LogP contribution in [0.25, 0.3) is 0 Å². The lowest BCUT2D eigenvalue weighted by Crippen LogP contribution is -2.46. The van der Waals surface area contributed by atoms with Crippen molar-refractivity contribution in [3.63, 3.8) is 0 Å². The molecule has 0 atom stereocenters. The van der Waals surface area contributed by atoms with Crippen molar-refractivity contribution in [2.24, 2.45) is 0 Å². The maximum Gasteiger partial charge on any atom is 0.500 e. The second kappa shape index (κ2) is 44.6. The van der Waals surface area contributed by atoms with E-state index in [1.54, 1.807) is 0 Å². The first kappa shape index (κ1) is 56.0. The van der Waals surface area contributed by atoms with Crippen LogP contribution in [0.3, 0.4) is 0 Å². The molecule has 0 spiro atoms. The molecule has 0 aliphatic carbocycles. The third kappa shape index (κ3) is 37.8. The lowest BCUT2D eigenvalue weighted by Gasteiger charge is -2.28. The number of nitrogens with zero attached hydrogens (tertiary/aromatic N) is 1. The minimum absolute atomic E-state index is 0.0513. The maximum atomic E-state index is 13.4. The quantitative estimate of drug-likeness (QED) is 0.0488. The van der Waals surface area contributed by atoms with Crippen molar-refractivity contribution < 1.29 is 22.9 Å². The Labute approximate surface area is 357 Å². The molecule has 0 rings (SSSR count). The van der Waals surface area contributed by atoms with E-state index in [4.69, 9.17) is 13.3 Å². The first-order valence-electron chi connectivity index (χ1n) is 25.4. The largest absolute Gasteiger partial charge is 0.500 e. The van der Waals surface area contributed by atoms with Crippen LogP contribution in [0.2, 0.25) is 6.04 Å². The Morgan fingerprint density at radius 1 is 0.404 bits per heavy atom. The summed E-state index contributed by atoms with van der Waals surface area (Å²) in [6, 6.07) is 0.675. The Morgan fingerprint density at radius 3 is 1.00 bits per heavy atom. The Balaban J connectivity index is 4.43. The predicted octanol–water partition coefficient (Wildman–Crippen LogP) is 14.7. The molecule has 0 saturated carbocycles. The molecule has 0 aromatic carbocycles. The van der Waals surface area contributed by atoms with Crippen LogP contribution in [0.5, 0.6) is 0 Å². The van der Waals surface area contributed by atoms with E-state index in [-0.39, 0.29) is 18.2 Å². The number of rotatable bonds is 47. The summed E-state index contributed by atoms with van der Waals surface area (Å²) in [5.41, 5.74) is 0. The first-order valence-corrected chi connectivity index (χ1v) is 27.4. The molecule has 1 N–H and O–H groups in total.